The van der Waals surface area contributed by atoms with Crippen molar-refractivity contribution in [3.63, 3.8) is 0 Å². The highest BCUT2D eigenvalue weighted by Crippen LogP contribution is 2.22. The van der Waals surface area contributed by atoms with Crippen LogP contribution < -0.4 is 10.2 Å². The number of benzene rings is 2. The van der Waals surface area contributed by atoms with Crippen LogP contribution in [0.5, 0.6) is 0 Å². The highest BCUT2D eigenvalue weighted by molar-refractivity contribution is 7.16. The number of rotatable bonds is 4. The second-order valence-corrected chi connectivity index (χ2v) is 6.44. The number of thiazole rings is 1. The fourth-order valence-corrected chi connectivity index (χ4v) is 3.24. The minimum absolute atomic E-state index is 0.0647. The summed E-state index contributed by atoms with van der Waals surface area (Å²) in [5.41, 5.74) is 4.34. The molecule has 2 aromatic carbocycles. The minimum Gasteiger partial charge on any atom is -0.315 e. The van der Waals surface area contributed by atoms with Gasteiger partial charge in [0.25, 0.3) is 0 Å². The zero-order valence-corrected chi connectivity index (χ0v) is 13.6. The van der Waals surface area contributed by atoms with Gasteiger partial charge in [0.1, 0.15) is 0 Å². The van der Waals surface area contributed by atoms with Crippen molar-refractivity contribution in [3.8, 4) is 0 Å². The van der Waals surface area contributed by atoms with Crippen LogP contribution in [-0.2, 0) is 0 Å². The van der Waals surface area contributed by atoms with E-state index in [-0.39, 0.29) is 12.3 Å². The zero-order chi connectivity index (χ0) is 15.7. The topological polar surface area (TPSA) is 57.9 Å². The molecule has 1 aromatic heterocycles. The quantitative estimate of drug-likeness (QED) is 0.700. The summed E-state index contributed by atoms with van der Waals surface area (Å²) in [5.74, 6) is -0.124. The summed E-state index contributed by atoms with van der Waals surface area (Å²) < 4.78 is 2.59. The Bertz CT molecular complexity index is 917. The lowest BCUT2D eigenvalue weighted by atomic mass is 10.1. The maximum absolute atomic E-state index is 12.2. The molecule has 4 nitrogen and oxygen atoms in total. The molecule has 0 saturated carbocycles. The van der Waals surface area contributed by atoms with Crippen LogP contribution in [0.2, 0.25) is 10.0 Å². The molecule has 7 heteroatoms. The highest BCUT2D eigenvalue weighted by Gasteiger charge is 2.10. The van der Waals surface area contributed by atoms with E-state index in [1.807, 2.05) is 24.3 Å². The molecule has 0 aliphatic heterocycles. The van der Waals surface area contributed by atoms with Gasteiger partial charge < -0.3 is 5.43 Å². The minimum atomic E-state index is -0.124. The predicted molar refractivity (Wildman–Crippen MR) is 90.7 cm³/mol. The molecule has 1 heterocycles. The Morgan fingerprint density at radius 1 is 1.18 bits per heavy atom. The summed E-state index contributed by atoms with van der Waals surface area (Å²) in [7, 11) is 0. The van der Waals surface area contributed by atoms with Crippen molar-refractivity contribution in [3.05, 3.63) is 62.9 Å². The van der Waals surface area contributed by atoms with Gasteiger partial charge in [-0.25, -0.2) is 4.68 Å². The largest absolute Gasteiger partial charge is 0.315 e. The highest BCUT2D eigenvalue weighted by atomic mass is 35.5. The van der Waals surface area contributed by atoms with Gasteiger partial charge in [-0.05, 0) is 30.3 Å². The van der Waals surface area contributed by atoms with Crippen LogP contribution in [0.15, 0.2) is 42.5 Å². The van der Waals surface area contributed by atoms with Crippen molar-refractivity contribution >= 4 is 50.5 Å². The Labute approximate surface area is 140 Å². The first-order valence-electron chi connectivity index (χ1n) is 6.43. The van der Waals surface area contributed by atoms with Crippen molar-refractivity contribution in [1.82, 2.24) is 4.68 Å². The number of hydrogen-bond donors (Lipinski definition) is 2. The molecule has 3 aromatic rings. The average Bonchev–Trinajstić information content (AvgIpc) is 2.83. The van der Waals surface area contributed by atoms with Crippen LogP contribution >= 0.6 is 34.5 Å². The standard InChI is InChI=1S/C15H11Cl2N3OS/c16-10-6-5-9(7-11(10)17)13(21)8-19-20-12-3-1-2-4-14(12)22-15(20)18/h1-7,18-19H,8H2. The maximum atomic E-state index is 12.2. The van der Waals surface area contributed by atoms with E-state index in [9.17, 15) is 4.79 Å². The summed E-state index contributed by atoms with van der Waals surface area (Å²) in [4.78, 5) is 12.6. The van der Waals surface area contributed by atoms with E-state index in [4.69, 9.17) is 28.6 Å². The molecule has 3 rings (SSSR count). The smallest absolute Gasteiger partial charge is 0.201 e. The van der Waals surface area contributed by atoms with Crippen LogP contribution in [0.3, 0.4) is 0 Å². The lowest BCUT2D eigenvalue weighted by Crippen LogP contribution is -2.29. The molecule has 0 radical (unpaired) electrons. The fourth-order valence-electron chi connectivity index (χ4n) is 2.07. The second-order valence-electron chi connectivity index (χ2n) is 4.60. The van der Waals surface area contributed by atoms with Gasteiger partial charge in [-0.1, -0.05) is 46.7 Å². The normalized spacial score (nSPS) is 10.8. The molecular formula is C15H11Cl2N3OS. The van der Waals surface area contributed by atoms with E-state index in [0.29, 0.717) is 20.4 Å². The van der Waals surface area contributed by atoms with Gasteiger partial charge in [-0.2, -0.15) is 0 Å². The third kappa shape index (κ3) is 2.88. The molecule has 0 aliphatic rings. The maximum Gasteiger partial charge on any atom is 0.201 e. The lowest BCUT2D eigenvalue weighted by Gasteiger charge is -2.08. The van der Waals surface area contributed by atoms with Gasteiger partial charge in [-0.3, -0.25) is 10.2 Å². The van der Waals surface area contributed by atoms with Gasteiger partial charge in [0.05, 0.1) is 26.8 Å². The Kier molecular flexibility index (Phi) is 4.20. The summed E-state index contributed by atoms with van der Waals surface area (Å²) >= 11 is 13.1. The molecule has 22 heavy (non-hydrogen) atoms. The Morgan fingerprint density at radius 2 is 1.95 bits per heavy atom. The molecule has 0 amide bonds. The molecule has 0 unspecified atom stereocenters. The summed E-state index contributed by atoms with van der Waals surface area (Å²) in [6.07, 6.45) is 0. The number of fused-ring (bicyclic) bond motifs is 1. The number of ketones is 1. The zero-order valence-electron chi connectivity index (χ0n) is 11.3. The van der Waals surface area contributed by atoms with E-state index in [0.717, 1.165) is 10.2 Å². The molecule has 0 atom stereocenters. The molecule has 0 bridgehead atoms. The summed E-state index contributed by atoms with van der Waals surface area (Å²) in [6.45, 7) is 0.0647. The number of para-hydroxylation sites is 1. The Balaban J connectivity index is 1.81. The Morgan fingerprint density at radius 3 is 2.73 bits per heavy atom. The lowest BCUT2D eigenvalue weighted by molar-refractivity contribution is 0.100. The van der Waals surface area contributed by atoms with E-state index in [1.165, 1.54) is 11.3 Å². The van der Waals surface area contributed by atoms with Crippen molar-refractivity contribution in [1.29, 1.82) is 5.41 Å². The van der Waals surface area contributed by atoms with Crippen LogP contribution in [0.4, 0.5) is 0 Å². The molecule has 0 fully saturated rings. The monoisotopic (exact) mass is 351 g/mol. The van der Waals surface area contributed by atoms with Crippen LogP contribution in [-0.4, -0.2) is 17.0 Å². The van der Waals surface area contributed by atoms with Crippen molar-refractivity contribution in [2.24, 2.45) is 0 Å². The first kappa shape index (κ1) is 15.1. The van der Waals surface area contributed by atoms with Gasteiger partial charge in [0, 0.05) is 5.56 Å². The third-order valence-electron chi connectivity index (χ3n) is 3.16. The number of nitrogens with zero attached hydrogens (tertiary/aromatic N) is 1. The van der Waals surface area contributed by atoms with E-state index >= 15 is 0 Å². The fraction of sp³-hybridized carbons (Fsp3) is 0.0667. The average molecular weight is 352 g/mol. The molecule has 0 saturated heterocycles. The van der Waals surface area contributed by atoms with Gasteiger partial charge in [-0.15, -0.1) is 0 Å². The first-order valence-corrected chi connectivity index (χ1v) is 8.01. The van der Waals surface area contributed by atoms with Crippen molar-refractivity contribution in [2.75, 3.05) is 12.0 Å². The second kappa shape index (κ2) is 6.12. The van der Waals surface area contributed by atoms with Crippen LogP contribution in [0, 0.1) is 5.41 Å². The summed E-state index contributed by atoms with van der Waals surface area (Å²) in [5, 5.41) is 8.74. The number of Topliss-reactive ketones (excluding diaryl/α,β-unsaturated/α-hetero) is 1. The number of aromatic nitrogens is 1. The van der Waals surface area contributed by atoms with E-state index in [2.05, 4.69) is 5.43 Å². The molecule has 2 N–H and O–H groups in total. The predicted octanol–water partition coefficient (Wildman–Crippen LogP) is 3.92. The summed E-state index contributed by atoms with van der Waals surface area (Å²) in [6, 6.07) is 12.4. The number of halogens is 2. The van der Waals surface area contributed by atoms with E-state index < -0.39 is 0 Å². The van der Waals surface area contributed by atoms with Gasteiger partial charge in [0.15, 0.2) is 5.78 Å². The molecule has 0 spiro atoms. The molecule has 112 valence electrons. The van der Waals surface area contributed by atoms with Crippen LogP contribution in [0.1, 0.15) is 10.4 Å². The van der Waals surface area contributed by atoms with Crippen LogP contribution in [0.25, 0.3) is 10.2 Å². The molecular weight excluding hydrogens is 341 g/mol. The van der Waals surface area contributed by atoms with Crippen molar-refractivity contribution in [2.45, 2.75) is 0 Å². The number of hydrogen-bond acceptors (Lipinski definition) is 4. The number of carbonyl (C=O) groups excluding carboxylic acids is 1. The number of carbonyl (C=O) groups is 1. The first-order chi connectivity index (χ1) is 10.6. The van der Waals surface area contributed by atoms with E-state index in [1.54, 1.807) is 22.9 Å². The number of nitrogens with one attached hydrogen (secondary N) is 2. The molecule has 0 aliphatic carbocycles. The SMILES string of the molecule is N=c1sc2ccccc2n1NCC(=O)c1ccc(Cl)c(Cl)c1. The van der Waals surface area contributed by atoms with Gasteiger partial charge >= 0.3 is 0 Å². The third-order valence-corrected chi connectivity index (χ3v) is 4.84. The Hall–Kier alpha value is -1.82. The van der Waals surface area contributed by atoms with Gasteiger partial charge in [0.2, 0.25) is 4.80 Å². The van der Waals surface area contributed by atoms with Crippen molar-refractivity contribution < 1.29 is 4.79 Å².